The predicted octanol–water partition coefficient (Wildman–Crippen LogP) is 3.75. The lowest BCUT2D eigenvalue weighted by Crippen LogP contribution is -2.19. The van der Waals surface area contributed by atoms with E-state index in [1.54, 1.807) is 0 Å². The van der Waals surface area contributed by atoms with Crippen LogP contribution in [0.5, 0.6) is 0 Å². The molecular formula is C16H23N3. The first-order valence-corrected chi connectivity index (χ1v) is 7.36. The zero-order valence-corrected chi connectivity index (χ0v) is 11.9. The van der Waals surface area contributed by atoms with Gasteiger partial charge >= 0.3 is 0 Å². The maximum atomic E-state index is 6.11. The van der Waals surface area contributed by atoms with E-state index in [-0.39, 0.29) is 0 Å². The summed E-state index contributed by atoms with van der Waals surface area (Å²) in [6.45, 7) is 5.48. The summed E-state index contributed by atoms with van der Waals surface area (Å²) >= 11 is 0. The van der Waals surface area contributed by atoms with E-state index in [9.17, 15) is 0 Å². The van der Waals surface area contributed by atoms with Crippen molar-refractivity contribution in [1.82, 2.24) is 9.55 Å². The highest BCUT2D eigenvalue weighted by atomic mass is 15.2. The number of hydrogen-bond acceptors (Lipinski definition) is 2. The molecule has 3 heteroatoms. The van der Waals surface area contributed by atoms with Crippen molar-refractivity contribution in [3.05, 3.63) is 23.8 Å². The summed E-state index contributed by atoms with van der Waals surface area (Å²) in [5.41, 5.74) is 9.56. The number of nitrogen functional groups attached to an aromatic ring is 1. The lowest BCUT2D eigenvalue weighted by Gasteiger charge is -2.27. The SMILES string of the molecule is Cc1ccc2c(c1)nc(N)n2CC1CCCC(C)C1. The Bertz CT molecular complexity index is 585. The highest BCUT2D eigenvalue weighted by Crippen LogP contribution is 2.31. The molecule has 19 heavy (non-hydrogen) atoms. The van der Waals surface area contributed by atoms with Gasteiger partial charge in [-0.15, -0.1) is 0 Å². The van der Waals surface area contributed by atoms with E-state index in [1.807, 2.05) is 0 Å². The first kappa shape index (κ1) is 12.5. The summed E-state index contributed by atoms with van der Waals surface area (Å²) in [6, 6.07) is 6.41. The second kappa shape index (κ2) is 4.87. The van der Waals surface area contributed by atoms with Gasteiger partial charge in [-0.3, -0.25) is 0 Å². The lowest BCUT2D eigenvalue weighted by atomic mass is 9.82. The molecule has 3 nitrogen and oxygen atoms in total. The molecule has 1 aromatic heterocycles. The number of anilines is 1. The number of benzene rings is 1. The second-order valence-corrected chi connectivity index (χ2v) is 6.21. The molecule has 1 heterocycles. The van der Waals surface area contributed by atoms with Crippen molar-refractivity contribution in [3.8, 4) is 0 Å². The lowest BCUT2D eigenvalue weighted by molar-refractivity contribution is 0.259. The van der Waals surface area contributed by atoms with Crippen molar-refractivity contribution in [1.29, 1.82) is 0 Å². The van der Waals surface area contributed by atoms with Crippen LogP contribution in [0.1, 0.15) is 38.2 Å². The van der Waals surface area contributed by atoms with Crippen LogP contribution in [0, 0.1) is 18.8 Å². The third-order valence-electron chi connectivity index (χ3n) is 4.42. The summed E-state index contributed by atoms with van der Waals surface area (Å²) in [6.07, 6.45) is 5.40. The number of nitrogens with zero attached hydrogens (tertiary/aromatic N) is 2. The molecule has 1 saturated carbocycles. The largest absolute Gasteiger partial charge is 0.369 e. The second-order valence-electron chi connectivity index (χ2n) is 6.21. The van der Waals surface area contributed by atoms with E-state index < -0.39 is 0 Å². The van der Waals surface area contributed by atoms with Crippen LogP contribution in [0.2, 0.25) is 0 Å². The molecule has 0 amide bonds. The van der Waals surface area contributed by atoms with Gasteiger partial charge in [0.05, 0.1) is 11.0 Å². The molecule has 2 atom stereocenters. The van der Waals surface area contributed by atoms with Crippen LogP contribution >= 0.6 is 0 Å². The third-order valence-corrected chi connectivity index (χ3v) is 4.42. The van der Waals surface area contributed by atoms with E-state index in [2.05, 4.69) is 41.6 Å². The fourth-order valence-electron chi connectivity index (χ4n) is 3.43. The Morgan fingerprint density at radius 1 is 1.37 bits per heavy atom. The van der Waals surface area contributed by atoms with Gasteiger partial charge < -0.3 is 10.3 Å². The average molecular weight is 257 g/mol. The number of aromatic nitrogens is 2. The first-order chi connectivity index (χ1) is 9.13. The van der Waals surface area contributed by atoms with Gasteiger partial charge in [-0.25, -0.2) is 4.98 Å². The number of aryl methyl sites for hydroxylation is 1. The van der Waals surface area contributed by atoms with E-state index in [0.717, 1.165) is 23.9 Å². The van der Waals surface area contributed by atoms with Crippen LogP contribution < -0.4 is 5.73 Å². The Morgan fingerprint density at radius 2 is 2.21 bits per heavy atom. The minimum atomic E-state index is 0.666. The summed E-state index contributed by atoms with van der Waals surface area (Å²) in [5, 5.41) is 0. The van der Waals surface area contributed by atoms with Crippen LogP contribution in [-0.4, -0.2) is 9.55 Å². The third kappa shape index (κ3) is 2.46. The maximum absolute atomic E-state index is 6.11. The van der Waals surface area contributed by atoms with Crippen molar-refractivity contribution in [3.63, 3.8) is 0 Å². The van der Waals surface area contributed by atoms with Gasteiger partial charge in [-0.05, 0) is 49.3 Å². The molecule has 1 aliphatic rings. The van der Waals surface area contributed by atoms with Gasteiger partial charge in [-0.1, -0.05) is 25.8 Å². The average Bonchev–Trinajstić information content (AvgIpc) is 2.65. The van der Waals surface area contributed by atoms with Crippen molar-refractivity contribution < 1.29 is 0 Å². The topological polar surface area (TPSA) is 43.8 Å². The standard InChI is InChI=1S/C16H23N3/c1-11-4-3-5-13(8-11)10-19-15-7-6-12(2)9-14(15)18-16(19)17/h6-7,9,11,13H,3-5,8,10H2,1-2H3,(H2,17,18). The monoisotopic (exact) mass is 257 g/mol. The van der Waals surface area contributed by atoms with Crippen molar-refractivity contribution in [2.75, 3.05) is 5.73 Å². The molecular weight excluding hydrogens is 234 g/mol. The number of hydrogen-bond donors (Lipinski definition) is 1. The number of nitrogens with two attached hydrogens (primary N) is 1. The van der Waals surface area contributed by atoms with E-state index >= 15 is 0 Å². The van der Waals surface area contributed by atoms with E-state index in [1.165, 1.54) is 36.8 Å². The van der Waals surface area contributed by atoms with E-state index in [4.69, 9.17) is 5.73 Å². The summed E-state index contributed by atoms with van der Waals surface area (Å²) in [4.78, 5) is 4.50. The van der Waals surface area contributed by atoms with Crippen LogP contribution in [0.15, 0.2) is 18.2 Å². The molecule has 0 radical (unpaired) electrons. The quantitative estimate of drug-likeness (QED) is 0.890. The molecule has 0 aliphatic heterocycles. The zero-order valence-electron chi connectivity index (χ0n) is 11.9. The molecule has 1 fully saturated rings. The van der Waals surface area contributed by atoms with Crippen molar-refractivity contribution in [2.24, 2.45) is 11.8 Å². The fraction of sp³-hybridized carbons (Fsp3) is 0.562. The van der Waals surface area contributed by atoms with Crippen LogP contribution in [0.25, 0.3) is 11.0 Å². The molecule has 1 aliphatic carbocycles. The molecule has 0 saturated heterocycles. The molecule has 3 rings (SSSR count). The molecule has 2 aromatic rings. The van der Waals surface area contributed by atoms with Gasteiger partial charge in [0, 0.05) is 6.54 Å². The molecule has 2 unspecified atom stereocenters. The smallest absolute Gasteiger partial charge is 0.201 e. The summed E-state index contributed by atoms with van der Waals surface area (Å²) in [5.74, 6) is 2.28. The van der Waals surface area contributed by atoms with Crippen LogP contribution in [0.3, 0.4) is 0 Å². The fourth-order valence-corrected chi connectivity index (χ4v) is 3.43. The molecule has 0 bridgehead atoms. The highest BCUT2D eigenvalue weighted by Gasteiger charge is 2.21. The Labute approximate surface area is 114 Å². The van der Waals surface area contributed by atoms with Gasteiger partial charge in [0.2, 0.25) is 5.95 Å². The van der Waals surface area contributed by atoms with E-state index in [0.29, 0.717) is 5.95 Å². The zero-order chi connectivity index (χ0) is 13.4. The number of imidazole rings is 1. The van der Waals surface area contributed by atoms with Gasteiger partial charge in [-0.2, -0.15) is 0 Å². The first-order valence-electron chi connectivity index (χ1n) is 7.36. The molecule has 0 spiro atoms. The van der Waals surface area contributed by atoms with Gasteiger partial charge in [0.25, 0.3) is 0 Å². The summed E-state index contributed by atoms with van der Waals surface area (Å²) in [7, 11) is 0. The minimum absolute atomic E-state index is 0.666. The normalized spacial score (nSPS) is 23.9. The Hall–Kier alpha value is -1.51. The Balaban J connectivity index is 1.89. The van der Waals surface area contributed by atoms with Crippen LogP contribution in [0.4, 0.5) is 5.95 Å². The highest BCUT2D eigenvalue weighted by molar-refractivity contribution is 5.79. The number of fused-ring (bicyclic) bond motifs is 1. The van der Waals surface area contributed by atoms with Gasteiger partial charge in [0.15, 0.2) is 0 Å². The van der Waals surface area contributed by atoms with Crippen molar-refractivity contribution in [2.45, 2.75) is 46.1 Å². The number of rotatable bonds is 2. The summed E-state index contributed by atoms with van der Waals surface area (Å²) < 4.78 is 2.21. The van der Waals surface area contributed by atoms with Crippen LogP contribution in [-0.2, 0) is 6.54 Å². The molecule has 2 N–H and O–H groups in total. The predicted molar refractivity (Wildman–Crippen MR) is 80.0 cm³/mol. The molecule has 102 valence electrons. The van der Waals surface area contributed by atoms with Gasteiger partial charge in [0.1, 0.15) is 0 Å². The Morgan fingerprint density at radius 3 is 3.00 bits per heavy atom. The Kier molecular flexibility index (Phi) is 3.21. The van der Waals surface area contributed by atoms with Crippen molar-refractivity contribution >= 4 is 17.0 Å². The molecule has 1 aromatic carbocycles. The maximum Gasteiger partial charge on any atom is 0.201 e. The minimum Gasteiger partial charge on any atom is -0.369 e.